The van der Waals surface area contributed by atoms with E-state index in [2.05, 4.69) is 17.9 Å². The van der Waals surface area contributed by atoms with Crippen LogP contribution in [0.2, 0.25) is 0 Å². The molecule has 0 radical (unpaired) electrons. The molecule has 1 aromatic heterocycles. The molecule has 2 aromatic rings. The van der Waals surface area contributed by atoms with Crippen LogP contribution in [0.1, 0.15) is 43.4 Å². The van der Waals surface area contributed by atoms with Gasteiger partial charge in [0, 0.05) is 30.3 Å². The van der Waals surface area contributed by atoms with Gasteiger partial charge in [0.1, 0.15) is 11.3 Å². The van der Waals surface area contributed by atoms with E-state index in [4.69, 9.17) is 4.42 Å². The standard InChI is InChI=1S/C20H25NO3/c1-13-17-4-2-3-5-18(17)24-19(13)12-14-10-11-21(20(14)23)15-6-8-16(22)9-7-15/h2-5,14-16,22H,6-12H2,1H3. The van der Waals surface area contributed by atoms with Crippen LogP contribution in [0.25, 0.3) is 11.0 Å². The number of carbonyl (C=O) groups excluding carboxylic acids is 1. The zero-order chi connectivity index (χ0) is 16.7. The Bertz CT molecular complexity index is 742. The molecule has 1 aliphatic heterocycles. The van der Waals surface area contributed by atoms with Crippen molar-refractivity contribution in [2.45, 2.75) is 57.6 Å². The number of aliphatic hydroxyl groups is 1. The van der Waals surface area contributed by atoms with E-state index in [-0.39, 0.29) is 17.9 Å². The third-order valence-electron chi connectivity index (χ3n) is 5.83. The van der Waals surface area contributed by atoms with Crippen LogP contribution < -0.4 is 0 Å². The van der Waals surface area contributed by atoms with Gasteiger partial charge in [-0.2, -0.15) is 0 Å². The van der Waals surface area contributed by atoms with Gasteiger partial charge >= 0.3 is 0 Å². The van der Waals surface area contributed by atoms with Crippen molar-refractivity contribution in [1.29, 1.82) is 0 Å². The number of para-hydroxylation sites is 1. The van der Waals surface area contributed by atoms with Gasteiger partial charge < -0.3 is 14.4 Å². The fraction of sp³-hybridized carbons (Fsp3) is 0.550. The Morgan fingerprint density at radius 3 is 2.67 bits per heavy atom. The minimum atomic E-state index is -0.173. The lowest BCUT2D eigenvalue weighted by atomic mass is 9.92. The number of furan rings is 1. The third kappa shape index (κ3) is 2.73. The topological polar surface area (TPSA) is 53.7 Å². The third-order valence-corrected chi connectivity index (χ3v) is 5.83. The minimum absolute atomic E-state index is 0.0381. The molecule has 4 heteroatoms. The van der Waals surface area contributed by atoms with Gasteiger partial charge in [-0.15, -0.1) is 0 Å². The van der Waals surface area contributed by atoms with E-state index in [1.165, 1.54) is 0 Å². The first-order chi connectivity index (χ1) is 11.6. The van der Waals surface area contributed by atoms with Crippen molar-refractivity contribution in [3.63, 3.8) is 0 Å². The molecule has 1 unspecified atom stereocenters. The monoisotopic (exact) mass is 327 g/mol. The number of likely N-dealkylation sites (tertiary alicyclic amines) is 1. The fourth-order valence-corrected chi connectivity index (χ4v) is 4.33. The molecule has 1 amide bonds. The predicted molar refractivity (Wildman–Crippen MR) is 92.7 cm³/mol. The van der Waals surface area contributed by atoms with Crippen molar-refractivity contribution in [1.82, 2.24) is 4.90 Å². The molecule has 2 aliphatic rings. The number of aryl methyl sites for hydroxylation is 1. The number of aliphatic hydroxyl groups excluding tert-OH is 1. The van der Waals surface area contributed by atoms with Gasteiger partial charge in [-0.25, -0.2) is 0 Å². The van der Waals surface area contributed by atoms with E-state index >= 15 is 0 Å². The van der Waals surface area contributed by atoms with Crippen molar-refractivity contribution < 1.29 is 14.3 Å². The lowest BCUT2D eigenvalue weighted by molar-refractivity contribution is -0.134. The van der Waals surface area contributed by atoms with Gasteiger partial charge in [-0.3, -0.25) is 4.79 Å². The lowest BCUT2D eigenvalue weighted by Crippen LogP contribution is -2.41. The van der Waals surface area contributed by atoms with Gasteiger partial charge in [-0.05, 0) is 50.7 Å². The van der Waals surface area contributed by atoms with Crippen LogP contribution in [0.15, 0.2) is 28.7 Å². The molecule has 4 nitrogen and oxygen atoms in total. The molecule has 0 bridgehead atoms. The fourth-order valence-electron chi connectivity index (χ4n) is 4.33. The molecular formula is C20H25NO3. The molecule has 128 valence electrons. The number of amides is 1. The van der Waals surface area contributed by atoms with E-state index in [0.29, 0.717) is 12.5 Å². The summed E-state index contributed by atoms with van der Waals surface area (Å²) in [5.74, 6) is 1.27. The predicted octanol–water partition coefficient (Wildman–Crippen LogP) is 3.44. The Balaban J connectivity index is 1.47. The van der Waals surface area contributed by atoms with Crippen LogP contribution in [0, 0.1) is 12.8 Å². The summed E-state index contributed by atoms with van der Waals surface area (Å²) in [4.78, 5) is 14.9. The Morgan fingerprint density at radius 1 is 1.17 bits per heavy atom. The zero-order valence-electron chi connectivity index (χ0n) is 14.2. The second kappa shape index (κ2) is 6.25. The SMILES string of the molecule is Cc1c(CC2CCN(C3CCC(O)CC3)C2=O)oc2ccccc12. The Kier molecular flexibility index (Phi) is 4.09. The Morgan fingerprint density at radius 2 is 1.92 bits per heavy atom. The number of fused-ring (bicyclic) bond motifs is 1. The molecule has 2 fully saturated rings. The summed E-state index contributed by atoms with van der Waals surface area (Å²) in [5.41, 5.74) is 2.08. The maximum atomic E-state index is 12.8. The van der Waals surface area contributed by atoms with Gasteiger partial charge in [0.15, 0.2) is 0 Å². The summed E-state index contributed by atoms with van der Waals surface area (Å²) in [5, 5.41) is 10.8. The molecule has 1 N–H and O–H groups in total. The second-order valence-corrected chi connectivity index (χ2v) is 7.33. The van der Waals surface area contributed by atoms with Crippen LogP contribution in [-0.4, -0.2) is 34.6 Å². The van der Waals surface area contributed by atoms with Crippen LogP contribution in [0.3, 0.4) is 0 Å². The highest BCUT2D eigenvalue weighted by molar-refractivity contribution is 5.84. The summed E-state index contributed by atoms with van der Waals surface area (Å²) in [7, 11) is 0. The molecule has 1 aromatic carbocycles. The molecule has 1 aliphatic carbocycles. The zero-order valence-corrected chi connectivity index (χ0v) is 14.2. The quantitative estimate of drug-likeness (QED) is 0.939. The van der Waals surface area contributed by atoms with E-state index in [1.54, 1.807) is 0 Å². The number of benzene rings is 1. The van der Waals surface area contributed by atoms with Gasteiger partial charge in [-0.1, -0.05) is 18.2 Å². The highest BCUT2D eigenvalue weighted by Crippen LogP contribution is 2.33. The average Bonchev–Trinajstić information content (AvgIpc) is 3.11. The van der Waals surface area contributed by atoms with Gasteiger partial charge in [0.05, 0.1) is 6.10 Å². The number of nitrogens with zero attached hydrogens (tertiary/aromatic N) is 1. The molecule has 0 spiro atoms. The summed E-state index contributed by atoms with van der Waals surface area (Å²) in [6.07, 6.45) is 4.95. The lowest BCUT2D eigenvalue weighted by Gasteiger charge is -2.33. The van der Waals surface area contributed by atoms with Crippen LogP contribution in [0.4, 0.5) is 0 Å². The molecule has 24 heavy (non-hydrogen) atoms. The van der Waals surface area contributed by atoms with Crippen molar-refractivity contribution in [3.8, 4) is 0 Å². The minimum Gasteiger partial charge on any atom is -0.461 e. The normalized spacial score (nSPS) is 28.0. The summed E-state index contributed by atoms with van der Waals surface area (Å²) in [6.45, 7) is 2.93. The first-order valence-corrected chi connectivity index (χ1v) is 9.09. The smallest absolute Gasteiger partial charge is 0.226 e. The largest absolute Gasteiger partial charge is 0.461 e. The second-order valence-electron chi connectivity index (χ2n) is 7.33. The van der Waals surface area contributed by atoms with Crippen molar-refractivity contribution in [2.24, 2.45) is 5.92 Å². The highest BCUT2D eigenvalue weighted by atomic mass is 16.3. The van der Waals surface area contributed by atoms with Crippen LogP contribution >= 0.6 is 0 Å². The van der Waals surface area contributed by atoms with Gasteiger partial charge in [0.2, 0.25) is 5.91 Å². The Hall–Kier alpha value is -1.81. The van der Waals surface area contributed by atoms with Crippen molar-refractivity contribution >= 4 is 16.9 Å². The van der Waals surface area contributed by atoms with Crippen LogP contribution in [-0.2, 0) is 11.2 Å². The first kappa shape index (κ1) is 15.7. The average molecular weight is 327 g/mol. The van der Waals surface area contributed by atoms with Crippen LogP contribution in [0.5, 0.6) is 0 Å². The van der Waals surface area contributed by atoms with E-state index in [9.17, 15) is 9.90 Å². The highest BCUT2D eigenvalue weighted by Gasteiger charge is 2.37. The molecule has 4 rings (SSSR count). The number of carbonyl (C=O) groups is 1. The van der Waals surface area contributed by atoms with Gasteiger partial charge in [0.25, 0.3) is 0 Å². The number of hydrogen-bond donors (Lipinski definition) is 1. The molecular weight excluding hydrogens is 302 g/mol. The Labute approximate surface area is 142 Å². The molecule has 1 saturated heterocycles. The van der Waals surface area contributed by atoms with Crippen molar-refractivity contribution in [3.05, 3.63) is 35.6 Å². The molecule has 2 heterocycles. The summed E-state index contributed by atoms with van der Waals surface area (Å²) >= 11 is 0. The summed E-state index contributed by atoms with van der Waals surface area (Å²) in [6, 6.07) is 8.39. The van der Waals surface area contributed by atoms with E-state index in [1.807, 2.05) is 18.2 Å². The number of rotatable bonds is 3. The van der Waals surface area contributed by atoms with E-state index < -0.39 is 0 Å². The maximum Gasteiger partial charge on any atom is 0.226 e. The van der Waals surface area contributed by atoms with E-state index in [0.717, 1.165) is 60.9 Å². The number of hydrogen-bond acceptors (Lipinski definition) is 3. The first-order valence-electron chi connectivity index (χ1n) is 9.09. The summed E-state index contributed by atoms with van der Waals surface area (Å²) < 4.78 is 6.00. The van der Waals surface area contributed by atoms with Crippen molar-refractivity contribution in [2.75, 3.05) is 6.54 Å². The molecule has 1 saturated carbocycles. The molecule has 1 atom stereocenters. The maximum absolute atomic E-state index is 12.8.